The van der Waals surface area contributed by atoms with Crippen LogP contribution in [0.4, 0.5) is 0 Å². The minimum absolute atomic E-state index is 0.116. The third kappa shape index (κ3) is 2.93. The van der Waals surface area contributed by atoms with Gasteiger partial charge in [0, 0.05) is 65.5 Å². The fraction of sp³-hybridized carbons (Fsp3) is 0.227. The highest BCUT2D eigenvalue weighted by Gasteiger charge is 2.64. The molecule has 9 heteroatoms. The number of fused-ring (bicyclic) bond motifs is 1. The number of aromatic nitrogens is 5. The number of carbonyl (C=O) groups is 2. The highest BCUT2D eigenvalue weighted by atomic mass is 16.2. The standard InChI is InChI=1S/C22H21N7O2/c1-12-5-15(3-4-24-12)22(21(31)28-23)7-18(22)19(30)17-10-26-20-16(17)6-13(8-25-20)14-9-27-29(2)11-14/h3-6,8-11,18H,7,23H2,1-2H3,(H,25,26)(H,28,31). The van der Waals surface area contributed by atoms with Gasteiger partial charge in [0.05, 0.1) is 11.6 Å². The molecule has 0 aromatic carbocycles. The molecular formula is C22H21N7O2. The smallest absolute Gasteiger partial charge is 0.245 e. The summed E-state index contributed by atoms with van der Waals surface area (Å²) in [6, 6.07) is 5.53. The number of nitrogens with one attached hydrogen (secondary N) is 2. The average molecular weight is 415 g/mol. The zero-order chi connectivity index (χ0) is 21.8. The number of hydrogen-bond donors (Lipinski definition) is 3. The second-order valence-corrected chi connectivity index (χ2v) is 7.98. The number of hydrogen-bond acceptors (Lipinski definition) is 6. The van der Waals surface area contributed by atoms with Crippen molar-refractivity contribution in [2.45, 2.75) is 18.8 Å². The van der Waals surface area contributed by atoms with Crippen LogP contribution in [0.15, 0.2) is 49.2 Å². The van der Waals surface area contributed by atoms with Crippen molar-refractivity contribution in [1.82, 2.24) is 30.2 Å². The van der Waals surface area contributed by atoms with E-state index in [1.54, 1.807) is 35.5 Å². The molecule has 0 saturated heterocycles. The third-order valence-corrected chi connectivity index (χ3v) is 6.06. The van der Waals surface area contributed by atoms with Crippen LogP contribution in [0.5, 0.6) is 0 Å². The monoisotopic (exact) mass is 415 g/mol. The Hall–Kier alpha value is -3.85. The van der Waals surface area contributed by atoms with Crippen molar-refractivity contribution in [3.05, 3.63) is 66.0 Å². The van der Waals surface area contributed by atoms with Crippen LogP contribution < -0.4 is 11.3 Å². The molecule has 5 rings (SSSR count). The maximum atomic E-state index is 13.5. The van der Waals surface area contributed by atoms with Gasteiger partial charge in [-0.05, 0) is 37.1 Å². The Bertz CT molecular complexity index is 1340. The fourth-order valence-electron chi connectivity index (χ4n) is 4.36. The van der Waals surface area contributed by atoms with E-state index in [4.69, 9.17) is 5.84 Å². The maximum Gasteiger partial charge on any atom is 0.245 e. The number of nitrogens with zero attached hydrogens (tertiary/aromatic N) is 4. The first-order valence-electron chi connectivity index (χ1n) is 9.88. The molecule has 9 nitrogen and oxygen atoms in total. The minimum atomic E-state index is -0.989. The highest BCUT2D eigenvalue weighted by molar-refractivity contribution is 6.14. The maximum absolute atomic E-state index is 13.5. The number of hydrazine groups is 1. The summed E-state index contributed by atoms with van der Waals surface area (Å²) >= 11 is 0. The summed E-state index contributed by atoms with van der Waals surface area (Å²) < 4.78 is 1.71. The molecule has 4 aromatic heterocycles. The molecule has 1 fully saturated rings. The van der Waals surface area contributed by atoms with Gasteiger partial charge in [0.2, 0.25) is 5.91 Å². The molecule has 0 bridgehead atoms. The van der Waals surface area contributed by atoms with Gasteiger partial charge >= 0.3 is 0 Å². The summed E-state index contributed by atoms with van der Waals surface area (Å²) in [6.07, 6.45) is 9.08. The van der Waals surface area contributed by atoms with Crippen molar-refractivity contribution in [3.8, 4) is 11.1 Å². The molecule has 4 heterocycles. The third-order valence-electron chi connectivity index (χ3n) is 6.06. The lowest BCUT2D eigenvalue weighted by Gasteiger charge is -2.16. The lowest BCUT2D eigenvalue weighted by molar-refractivity contribution is -0.123. The molecule has 1 saturated carbocycles. The van der Waals surface area contributed by atoms with Gasteiger partial charge in [-0.3, -0.25) is 24.7 Å². The van der Waals surface area contributed by atoms with Gasteiger partial charge in [0.15, 0.2) is 5.78 Å². The van der Waals surface area contributed by atoms with Gasteiger partial charge in [-0.25, -0.2) is 10.8 Å². The first kappa shape index (κ1) is 19.1. The second kappa shape index (κ2) is 6.85. The van der Waals surface area contributed by atoms with E-state index in [-0.39, 0.29) is 11.7 Å². The zero-order valence-corrected chi connectivity index (χ0v) is 17.1. The summed E-state index contributed by atoms with van der Waals surface area (Å²) in [7, 11) is 1.84. The molecule has 4 N–H and O–H groups in total. The van der Waals surface area contributed by atoms with Gasteiger partial charge in [0.25, 0.3) is 0 Å². The van der Waals surface area contributed by atoms with Crippen LogP contribution in [0.2, 0.25) is 0 Å². The summed E-state index contributed by atoms with van der Waals surface area (Å²) in [6.45, 7) is 1.85. The molecule has 0 radical (unpaired) electrons. The van der Waals surface area contributed by atoms with Crippen LogP contribution in [0.3, 0.4) is 0 Å². The van der Waals surface area contributed by atoms with Crippen LogP contribution >= 0.6 is 0 Å². The molecule has 2 atom stereocenters. The van der Waals surface area contributed by atoms with Crippen molar-refractivity contribution in [3.63, 3.8) is 0 Å². The Labute approximate surface area is 177 Å². The number of rotatable bonds is 5. The number of carbonyl (C=O) groups excluding carboxylic acids is 2. The fourth-order valence-corrected chi connectivity index (χ4v) is 4.36. The molecule has 1 aliphatic rings. The van der Waals surface area contributed by atoms with E-state index in [2.05, 4.69) is 25.5 Å². The largest absolute Gasteiger partial charge is 0.345 e. The second-order valence-electron chi connectivity index (χ2n) is 7.98. The summed E-state index contributed by atoms with van der Waals surface area (Å²) in [4.78, 5) is 38.0. The topological polar surface area (TPSA) is 132 Å². The number of pyridine rings is 2. The van der Waals surface area contributed by atoms with Crippen LogP contribution in [0.1, 0.15) is 28.0 Å². The van der Waals surface area contributed by atoms with Gasteiger partial charge in [-0.2, -0.15) is 5.10 Å². The van der Waals surface area contributed by atoms with E-state index in [1.807, 2.05) is 32.3 Å². The predicted octanol–water partition coefficient (Wildman–Crippen LogP) is 1.80. The number of H-pyrrole nitrogens is 1. The Morgan fingerprint density at radius 2 is 2.10 bits per heavy atom. The van der Waals surface area contributed by atoms with Gasteiger partial charge < -0.3 is 4.98 Å². The highest BCUT2D eigenvalue weighted by Crippen LogP contribution is 2.56. The van der Waals surface area contributed by atoms with Gasteiger partial charge in [-0.15, -0.1) is 0 Å². The molecule has 2 unspecified atom stereocenters. The van der Waals surface area contributed by atoms with E-state index >= 15 is 0 Å². The first-order valence-corrected chi connectivity index (χ1v) is 9.88. The zero-order valence-electron chi connectivity index (χ0n) is 17.1. The number of ketones is 1. The van der Waals surface area contributed by atoms with Crippen LogP contribution in [0.25, 0.3) is 22.2 Å². The van der Waals surface area contributed by atoms with Crippen molar-refractivity contribution >= 4 is 22.7 Å². The van der Waals surface area contributed by atoms with Crippen molar-refractivity contribution in [2.24, 2.45) is 18.8 Å². The van der Waals surface area contributed by atoms with Crippen LogP contribution in [-0.2, 0) is 17.3 Å². The first-order chi connectivity index (χ1) is 14.9. The van der Waals surface area contributed by atoms with Crippen LogP contribution in [0, 0.1) is 12.8 Å². The minimum Gasteiger partial charge on any atom is -0.345 e. The molecule has 1 amide bonds. The average Bonchev–Trinajstić information content (AvgIpc) is 3.16. The van der Waals surface area contributed by atoms with E-state index < -0.39 is 11.3 Å². The quantitative estimate of drug-likeness (QED) is 0.197. The van der Waals surface area contributed by atoms with E-state index in [9.17, 15) is 9.59 Å². The van der Waals surface area contributed by atoms with E-state index in [0.29, 0.717) is 23.0 Å². The number of aromatic amines is 1. The summed E-state index contributed by atoms with van der Waals surface area (Å²) in [5, 5.41) is 4.91. The Morgan fingerprint density at radius 3 is 2.81 bits per heavy atom. The number of Topliss-reactive ketones (excluding diaryl/α,β-unsaturated/α-hetero) is 1. The predicted molar refractivity (Wildman–Crippen MR) is 114 cm³/mol. The molecule has 0 aliphatic heterocycles. The van der Waals surface area contributed by atoms with E-state index in [1.165, 1.54) is 0 Å². The van der Waals surface area contributed by atoms with Gasteiger partial charge in [0.1, 0.15) is 5.65 Å². The normalized spacial score (nSPS) is 20.0. The SMILES string of the molecule is Cc1cc(C2(C(=O)NN)CC2C(=O)c2c[nH]c3ncc(-c4cnn(C)c4)cc23)ccn1. The number of nitrogens with two attached hydrogens (primary N) is 1. The summed E-state index contributed by atoms with van der Waals surface area (Å²) in [5.74, 6) is 4.48. The van der Waals surface area contributed by atoms with Crippen molar-refractivity contribution in [2.75, 3.05) is 0 Å². The Kier molecular flexibility index (Phi) is 4.23. The molecule has 31 heavy (non-hydrogen) atoms. The Balaban J connectivity index is 1.55. The van der Waals surface area contributed by atoms with E-state index in [0.717, 1.165) is 22.4 Å². The van der Waals surface area contributed by atoms with Crippen molar-refractivity contribution < 1.29 is 9.59 Å². The lowest BCUT2D eigenvalue weighted by Crippen LogP contribution is -2.41. The molecule has 156 valence electrons. The Morgan fingerprint density at radius 1 is 1.26 bits per heavy atom. The molecule has 0 spiro atoms. The molecule has 1 aliphatic carbocycles. The molecule has 4 aromatic rings. The lowest BCUT2D eigenvalue weighted by atomic mass is 9.89. The van der Waals surface area contributed by atoms with Crippen LogP contribution in [-0.4, -0.2) is 36.4 Å². The van der Waals surface area contributed by atoms with Crippen molar-refractivity contribution in [1.29, 1.82) is 0 Å². The van der Waals surface area contributed by atoms with Gasteiger partial charge in [-0.1, -0.05) is 0 Å². The summed E-state index contributed by atoms with van der Waals surface area (Å²) in [5.41, 5.74) is 5.67. The number of amides is 1. The number of aryl methyl sites for hydroxylation is 2. The molecular weight excluding hydrogens is 394 g/mol.